The highest BCUT2D eigenvalue weighted by molar-refractivity contribution is 8.32. The van der Waals surface area contributed by atoms with E-state index in [0.29, 0.717) is 22.3 Å². The summed E-state index contributed by atoms with van der Waals surface area (Å²) >= 11 is 16.7. The summed E-state index contributed by atoms with van der Waals surface area (Å²) in [6, 6.07) is 0. The Morgan fingerprint density at radius 1 is 0.581 bits per heavy atom. The SMILES string of the molecule is COCCO[C@H]1C(O)[C@@H](COP([O-])(=S)OC2[C@@H](CCOP(=O)([S-])OC3[C@@H]4O[C@@H](C)[C@]3(COP(=O)([O-])OC3[C@@H]5O[C@@H](C)[C@]3(COP([O-])(=S)OC3C[C@H](n6cnc7c(N)ncnc76)O[C@@H]3C)O[C@H]5n3cc(C)c(N)nc3=O)O[C@H]4n3cnc4c(N)ncnc43)O[C@@H](n3cnc4c(=O)[nH]c(N)nc43)[C@H]2OCCOC)O[C@H]1n1cc(C)c(N)nc1=O. The summed E-state index contributed by atoms with van der Waals surface area (Å²) in [5.41, 5.74) is 24.6. The minimum atomic E-state index is -5.89. The molecule has 25 atom stereocenters. The van der Waals surface area contributed by atoms with Crippen LogP contribution in [-0.4, -0.2) is 246 Å². The van der Waals surface area contributed by atoms with Crippen molar-refractivity contribution in [2.75, 3.05) is 95.7 Å². The summed E-state index contributed by atoms with van der Waals surface area (Å²) in [6.45, 7) is -10.5. The monoisotopic (exact) mass is 1770 g/mol. The first-order chi connectivity index (χ1) is 55.5. The highest BCUT2D eigenvalue weighted by atomic mass is 32.7. The van der Waals surface area contributed by atoms with E-state index in [0.717, 1.165) is 15.5 Å². The lowest BCUT2D eigenvalue weighted by atomic mass is 9.94. The smallest absolute Gasteiger partial charge is 0.351 e. The van der Waals surface area contributed by atoms with Crippen LogP contribution in [-0.2, 0) is 133 Å². The maximum Gasteiger partial charge on any atom is 0.351 e. The van der Waals surface area contributed by atoms with Gasteiger partial charge in [0, 0.05) is 50.6 Å². The van der Waals surface area contributed by atoms with Crippen LogP contribution in [0, 0.1) is 13.8 Å². The zero-order valence-corrected chi connectivity index (χ0v) is 68.7. The normalized spacial score (nSPS) is 32.9. The molecule has 56 heteroatoms. The first-order valence-corrected chi connectivity index (χ1v) is 45.0. The van der Waals surface area contributed by atoms with Crippen molar-refractivity contribution in [2.45, 2.75) is 175 Å². The fourth-order valence-electron chi connectivity index (χ4n) is 15.1. The van der Waals surface area contributed by atoms with Gasteiger partial charge in [-0.25, -0.2) is 44.5 Å². The molecule has 7 saturated heterocycles. The standard InChI is InChI=1S/C61H83N21O28P4S3/c1-25-15-78(58(85)74-45(25)62)53-39(94-12-10-92-6)37(83)32(104-53)17-97-113(90,116)108-38-30(103-54(40(38)95-13-11-93-7)82-24-73-36-51(82)76-57(66)77-52(36)84)8-9-96-112(89,115)110-44-42-56(81-23-72-35-48(65)68-21-70-50(35)81)106-60(44,28(4)102-42)18-98-111(87,88)109-43-41-55(79-16-26(2)46(63)75-59(79)86)105-61(43,29(5)101-41)19-99-114(91,117)107-31-14-33(100-27(31)3)80-22-71-34-47(64)67-20-69-49(34)80/h15-16,20-24,27-33,37-44,53-56,83H,8-14,17-19H2,1-7H3,(H,87,88)(H,89,115)(H,90,116)(H,91,117)(H2,62,74,85)(H2,63,75,86)(H2,64,67,69)(H2,65,68,70)(H3,66,76,77,84)/p-4/t27-,28+,29+,30-,31?,32-,33-,37?,38?,39+,40+,41+,42+,43?,44?,53-,54-,55-,56-,60+,61+,112?,113?,114?/m1/s1. The molecule has 7 fully saturated rings. The number of phosphoric acid groups is 1. The topological polar surface area (TPSA) is 650 Å². The van der Waals surface area contributed by atoms with Crippen molar-refractivity contribution >= 4 is 127 Å². The van der Waals surface area contributed by atoms with E-state index in [4.69, 9.17) is 153 Å². The number of aromatic nitrogens is 16. The largest absolute Gasteiger partial charge is 0.780 e. The molecule has 15 heterocycles. The molecule has 9 unspecified atom stereocenters. The van der Waals surface area contributed by atoms with Crippen molar-refractivity contribution < 1.29 is 117 Å². The van der Waals surface area contributed by atoms with Crippen molar-refractivity contribution in [1.82, 2.24) is 77.7 Å². The number of methoxy groups -OCH3 is 2. The van der Waals surface area contributed by atoms with Gasteiger partial charge in [0.1, 0.15) is 121 Å². The molecule has 0 spiro atoms. The van der Waals surface area contributed by atoms with Crippen LogP contribution in [0.4, 0.5) is 29.2 Å². The molecular weight excluding hydrogens is 1690 g/mol. The van der Waals surface area contributed by atoms with Crippen molar-refractivity contribution in [3.05, 3.63) is 86.5 Å². The lowest BCUT2D eigenvalue weighted by Crippen LogP contribution is -2.52. The van der Waals surface area contributed by atoms with Crippen LogP contribution < -0.4 is 60.3 Å². The van der Waals surface area contributed by atoms with Crippen LogP contribution in [0.5, 0.6) is 0 Å². The lowest BCUT2D eigenvalue weighted by molar-refractivity contribution is -0.253. The summed E-state index contributed by atoms with van der Waals surface area (Å²) in [5.74, 6) is -0.419. The molecular formula is C61H79N21O28P4S3-4. The molecule has 8 aromatic heterocycles. The Kier molecular flexibility index (Phi) is 24.3. The van der Waals surface area contributed by atoms with Crippen molar-refractivity contribution in [1.29, 1.82) is 0 Å². The highest BCUT2D eigenvalue weighted by Gasteiger charge is 2.70. The van der Waals surface area contributed by atoms with Gasteiger partial charge in [0.05, 0.1) is 102 Å². The van der Waals surface area contributed by atoms with Gasteiger partial charge in [0.2, 0.25) is 5.95 Å². The molecule has 0 amide bonds. The average Bonchev–Trinajstić information content (AvgIpc) is 1.55. The molecule has 49 nitrogen and oxygen atoms in total. The quantitative estimate of drug-likeness (QED) is 0.0127. The fourth-order valence-corrected chi connectivity index (χ4v) is 20.5. The second kappa shape index (κ2) is 33.3. The van der Waals surface area contributed by atoms with E-state index in [1.807, 2.05) is 0 Å². The fraction of sp³-hybridized carbons (Fsp3) is 0.623. The Labute approximate surface area is 675 Å². The Hall–Kier alpha value is -6.60. The van der Waals surface area contributed by atoms with Gasteiger partial charge in [-0.05, 0) is 34.6 Å². The zero-order valence-electron chi connectivity index (χ0n) is 62.7. The Balaban J connectivity index is 0.687. The van der Waals surface area contributed by atoms with E-state index in [9.17, 15) is 29.3 Å². The van der Waals surface area contributed by atoms with E-state index >= 15 is 14.0 Å². The number of nitrogens with one attached hydrogen (secondary N) is 1. The van der Waals surface area contributed by atoms with Gasteiger partial charge in [-0.15, -0.1) is 0 Å². The number of aryl methyl sites for hydroxylation is 2. The maximum atomic E-state index is 15.2. The Morgan fingerprint density at radius 2 is 1.10 bits per heavy atom. The minimum Gasteiger partial charge on any atom is -0.780 e. The van der Waals surface area contributed by atoms with Gasteiger partial charge >= 0.3 is 11.4 Å². The molecule has 7 aliphatic heterocycles. The van der Waals surface area contributed by atoms with E-state index in [1.165, 1.54) is 74.9 Å². The summed E-state index contributed by atoms with van der Waals surface area (Å²) < 4.78 is 153. The summed E-state index contributed by atoms with van der Waals surface area (Å²) in [6.07, 6.45) is -17.2. The number of nitrogen functional groups attached to an aromatic ring is 5. The molecule has 8 aromatic rings. The van der Waals surface area contributed by atoms with Crippen molar-refractivity contribution in [3.8, 4) is 0 Å². The third-order valence-corrected chi connectivity index (χ3v) is 26.5. The molecule has 638 valence electrons. The molecule has 15 rings (SSSR count). The number of imidazole rings is 3. The highest BCUT2D eigenvalue weighted by Crippen LogP contribution is 2.62. The number of rotatable bonds is 34. The second-order valence-corrected chi connectivity index (χ2v) is 37.7. The van der Waals surface area contributed by atoms with E-state index in [-0.39, 0.29) is 84.4 Å². The van der Waals surface area contributed by atoms with Gasteiger partial charge in [-0.2, -0.15) is 15.0 Å². The summed E-state index contributed by atoms with van der Waals surface area (Å²) in [4.78, 5) is 128. The molecule has 117 heavy (non-hydrogen) atoms. The number of nitrogens with two attached hydrogens (primary N) is 5. The van der Waals surface area contributed by atoms with Crippen LogP contribution in [0.2, 0.25) is 0 Å². The van der Waals surface area contributed by atoms with Crippen molar-refractivity contribution in [2.24, 2.45) is 0 Å². The van der Waals surface area contributed by atoms with Crippen molar-refractivity contribution in [3.63, 3.8) is 0 Å². The van der Waals surface area contributed by atoms with Gasteiger partial charge in [-0.3, -0.25) is 41.7 Å². The van der Waals surface area contributed by atoms with Gasteiger partial charge in [-0.1, -0.05) is 23.6 Å². The number of aromatic amines is 1. The van der Waals surface area contributed by atoms with Crippen LogP contribution in [0.3, 0.4) is 0 Å². The summed E-state index contributed by atoms with van der Waals surface area (Å²) in [5, 5.41) is 11.7. The van der Waals surface area contributed by atoms with Crippen LogP contribution >= 0.6 is 28.1 Å². The molecule has 0 aromatic carbocycles. The summed E-state index contributed by atoms with van der Waals surface area (Å²) in [7, 11) is -3.08. The van der Waals surface area contributed by atoms with E-state index in [1.54, 1.807) is 25.3 Å². The molecule has 0 aliphatic carbocycles. The predicted octanol–water partition coefficient (Wildman–Crippen LogP) is -2.23. The zero-order chi connectivity index (χ0) is 83.3. The second-order valence-electron chi connectivity index (χ2n) is 28.2. The number of H-pyrrole nitrogens is 1. The number of aliphatic hydroxyl groups excluding tert-OH is 1. The molecule has 0 saturated carbocycles. The van der Waals surface area contributed by atoms with Crippen LogP contribution in [0.1, 0.15) is 75.9 Å². The predicted molar refractivity (Wildman–Crippen MR) is 402 cm³/mol. The van der Waals surface area contributed by atoms with Crippen LogP contribution in [0.15, 0.2) is 58.4 Å². The first kappa shape index (κ1) is 85.4. The van der Waals surface area contributed by atoms with Crippen LogP contribution in [0.25, 0.3) is 33.5 Å². The number of phosphoric ester groups is 1. The number of anilines is 5. The lowest BCUT2D eigenvalue weighted by Gasteiger charge is -2.41. The number of hydrogen-bond donors (Lipinski definition) is 7. The molecule has 4 bridgehead atoms. The van der Waals surface area contributed by atoms with Gasteiger partial charge < -0.3 is 149 Å². The number of fused-ring (bicyclic) bond motifs is 7. The van der Waals surface area contributed by atoms with E-state index < -0.39 is 206 Å². The van der Waals surface area contributed by atoms with Gasteiger partial charge in [0.15, 0.2) is 65.8 Å². The third kappa shape index (κ3) is 16.6. The Bertz CT molecular complexity index is 5450. The molecule has 7 aliphatic rings. The third-order valence-electron chi connectivity index (χ3n) is 20.9. The average molecular weight is 1770 g/mol. The minimum absolute atomic E-state index is 0.0411. The van der Waals surface area contributed by atoms with E-state index in [2.05, 4.69) is 54.8 Å². The molecule has 0 radical (unpaired) electrons. The number of ether oxygens (including phenoxy) is 11. The first-order valence-electron chi connectivity index (χ1n) is 35.9. The maximum absolute atomic E-state index is 15.2. The number of aliphatic hydroxyl groups is 1. The Morgan fingerprint density at radius 3 is 1.72 bits per heavy atom. The number of nitrogens with zero attached hydrogens (tertiary/aromatic N) is 15. The molecule has 12 N–H and O–H groups in total. The van der Waals surface area contributed by atoms with Gasteiger partial charge in [0.25, 0.3) is 13.4 Å². The number of hydrogen-bond acceptors (Lipinski definition) is 46.